The van der Waals surface area contributed by atoms with Crippen LogP contribution in [0.3, 0.4) is 0 Å². The molecule has 0 saturated carbocycles. The van der Waals surface area contributed by atoms with Crippen LogP contribution in [0.25, 0.3) is 6.08 Å². The van der Waals surface area contributed by atoms with Crippen molar-refractivity contribution in [1.29, 1.82) is 0 Å². The van der Waals surface area contributed by atoms with Crippen molar-refractivity contribution in [2.45, 2.75) is 13.2 Å². The van der Waals surface area contributed by atoms with Crippen molar-refractivity contribution in [3.63, 3.8) is 0 Å². The second-order valence-electron chi connectivity index (χ2n) is 7.38. The Kier molecular flexibility index (Phi) is 6.93. The average Bonchev–Trinajstić information content (AvgIpc) is 3.11. The molecule has 0 spiro atoms. The fourth-order valence-electron chi connectivity index (χ4n) is 3.32. The van der Waals surface area contributed by atoms with E-state index in [4.69, 9.17) is 9.47 Å². The van der Waals surface area contributed by atoms with E-state index in [2.05, 4.69) is 0 Å². The lowest BCUT2D eigenvalue weighted by Crippen LogP contribution is -2.27. The first kappa shape index (κ1) is 23.1. The molecule has 0 aliphatic carbocycles. The van der Waals surface area contributed by atoms with Crippen LogP contribution >= 0.6 is 11.8 Å². The van der Waals surface area contributed by atoms with Gasteiger partial charge in [-0.15, -0.1) is 0 Å². The number of non-ortho nitro benzene ring substituents is 1. The number of methoxy groups -OCH3 is 1. The van der Waals surface area contributed by atoms with E-state index in [1.165, 1.54) is 24.3 Å². The first-order valence-electron chi connectivity index (χ1n) is 10.3. The molecule has 0 N–H and O–H groups in total. The lowest BCUT2D eigenvalue weighted by Gasteiger charge is -2.12. The fraction of sp³-hybridized carbons (Fsp3) is 0.120. The van der Waals surface area contributed by atoms with Gasteiger partial charge in [-0.05, 0) is 46.7 Å². The molecule has 2 amide bonds. The number of rotatable bonds is 8. The van der Waals surface area contributed by atoms with Crippen molar-refractivity contribution in [2.75, 3.05) is 7.11 Å². The number of hydrogen-bond acceptors (Lipinski definition) is 7. The van der Waals surface area contributed by atoms with E-state index in [1.807, 2.05) is 30.3 Å². The molecule has 8 nitrogen and oxygen atoms in total. The zero-order valence-corrected chi connectivity index (χ0v) is 19.0. The topological polar surface area (TPSA) is 99.0 Å². The number of nitro groups is 1. The molecule has 0 atom stereocenters. The number of imide groups is 1. The molecule has 0 radical (unpaired) electrons. The van der Waals surface area contributed by atoms with Crippen LogP contribution in [-0.2, 0) is 17.9 Å². The quantitative estimate of drug-likeness (QED) is 0.243. The Labute approximate surface area is 199 Å². The molecule has 172 valence electrons. The van der Waals surface area contributed by atoms with Gasteiger partial charge in [-0.3, -0.25) is 24.6 Å². The van der Waals surface area contributed by atoms with E-state index in [0.717, 1.165) is 22.2 Å². The van der Waals surface area contributed by atoms with Crippen LogP contribution in [0.5, 0.6) is 11.5 Å². The maximum absolute atomic E-state index is 12.9. The molecule has 9 heteroatoms. The fourth-order valence-corrected chi connectivity index (χ4v) is 4.16. The van der Waals surface area contributed by atoms with Gasteiger partial charge in [0.1, 0.15) is 6.61 Å². The highest BCUT2D eigenvalue weighted by Crippen LogP contribution is 2.35. The molecule has 3 aromatic carbocycles. The number of thioether (sulfide) groups is 1. The smallest absolute Gasteiger partial charge is 0.293 e. The third-order valence-corrected chi connectivity index (χ3v) is 5.99. The molecule has 3 aromatic rings. The van der Waals surface area contributed by atoms with Crippen LogP contribution in [0.4, 0.5) is 10.5 Å². The Morgan fingerprint density at radius 2 is 1.71 bits per heavy atom. The van der Waals surface area contributed by atoms with Crippen molar-refractivity contribution in [3.05, 3.63) is 105 Å². The van der Waals surface area contributed by atoms with Gasteiger partial charge < -0.3 is 9.47 Å². The summed E-state index contributed by atoms with van der Waals surface area (Å²) in [7, 11) is 1.55. The number of hydrogen-bond donors (Lipinski definition) is 0. The molecule has 0 unspecified atom stereocenters. The van der Waals surface area contributed by atoms with Crippen LogP contribution in [0.1, 0.15) is 16.7 Å². The van der Waals surface area contributed by atoms with E-state index >= 15 is 0 Å². The summed E-state index contributed by atoms with van der Waals surface area (Å²) in [4.78, 5) is 37.1. The predicted octanol–water partition coefficient (Wildman–Crippen LogP) is 5.42. The number of ether oxygens (including phenoxy) is 2. The van der Waals surface area contributed by atoms with Gasteiger partial charge in [0, 0.05) is 12.1 Å². The molecule has 1 saturated heterocycles. The summed E-state index contributed by atoms with van der Waals surface area (Å²) < 4.78 is 11.3. The van der Waals surface area contributed by atoms with Gasteiger partial charge in [0.15, 0.2) is 11.5 Å². The van der Waals surface area contributed by atoms with Gasteiger partial charge in [0.2, 0.25) is 0 Å². The van der Waals surface area contributed by atoms with E-state index in [0.29, 0.717) is 29.2 Å². The van der Waals surface area contributed by atoms with Gasteiger partial charge >= 0.3 is 0 Å². The summed E-state index contributed by atoms with van der Waals surface area (Å²) in [6.45, 7) is 0.389. The van der Waals surface area contributed by atoms with Gasteiger partial charge in [0.05, 0.1) is 23.5 Å². The zero-order chi connectivity index (χ0) is 24.1. The molecule has 1 heterocycles. The maximum atomic E-state index is 12.9. The third kappa shape index (κ3) is 5.26. The molecule has 1 aliphatic heterocycles. The first-order valence-corrected chi connectivity index (χ1v) is 11.1. The molecule has 0 aromatic heterocycles. The Balaban J connectivity index is 1.50. The third-order valence-electron chi connectivity index (χ3n) is 5.08. The lowest BCUT2D eigenvalue weighted by molar-refractivity contribution is -0.384. The van der Waals surface area contributed by atoms with Crippen molar-refractivity contribution >= 4 is 34.7 Å². The van der Waals surface area contributed by atoms with Crippen LogP contribution in [-0.4, -0.2) is 28.1 Å². The Hall–Kier alpha value is -4.11. The summed E-state index contributed by atoms with van der Waals surface area (Å²) in [6.07, 6.45) is 1.63. The highest BCUT2D eigenvalue weighted by Gasteiger charge is 2.35. The van der Waals surface area contributed by atoms with Gasteiger partial charge in [-0.2, -0.15) is 0 Å². The van der Waals surface area contributed by atoms with Crippen LogP contribution < -0.4 is 9.47 Å². The minimum Gasteiger partial charge on any atom is -0.493 e. The Morgan fingerprint density at radius 1 is 0.971 bits per heavy atom. The molecular formula is C25H20N2O6S. The molecule has 4 rings (SSSR count). The summed E-state index contributed by atoms with van der Waals surface area (Å²) in [5.41, 5.74) is 2.25. The average molecular weight is 477 g/mol. The van der Waals surface area contributed by atoms with Crippen molar-refractivity contribution in [3.8, 4) is 11.5 Å². The predicted molar refractivity (Wildman–Crippen MR) is 128 cm³/mol. The van der Waals surface area contributed by atoms with E-state index in [9.17, 15) is 19.7 Å². The Bertz CT molecular complexity index is 1260. The zero-order valence-electron chi connectivity index (χ0n) is 18.2. The second kappa shape index (κ2) is 10.2. The normalized spacial score (nSPS) is 14.5. The number of carbonyl (C=O) groups is 2. The summed E-state index contributed by atoms with van der Waals surface area (Å²) in [6, 6.07) is 20.7. The lowest BCUT2D eigenvalue weighted by atomic mass is 10.1. The molecule has 34 heavy (non-hydrogen) atoms. The number of nitrogens with zero attached hydrogens (tertiary/aromatic N) is 2. The number of amides is 2. The minimum atomic E-state index is -0.501. The Morgan fingerprint density at radius 3 is 2.38 bits per heavy atom. The summed E-state index contributed by atoms with van der Waals surface area (Å²) >= 11 is 0.848. The monoisotopic (exact) mass is 476 g/mol. The van der Waals surface area contributed by atoms with Crippen LogP contribution in [0.2, 0.25) is 0 Å². The number of benzene rings is 3. The highest BCUT2D eigenvalue weighted by atomic mass is 32.2. The molecule has 1 aliphatic rings. The maximum Gasteiger partial charge on any atom is 0.293 e. The second-order valence-corrected chi connectivity index (χ2v) is 8.37. The molecule has 1 fully saturated rings. The number of nitro benzene ring substituents is 1. The standard InChI is InChI=1S/C25H20N2O6S/c1-32-21-12-9-19(13-22(21)33-16-18-5-3-2-4-6-18)14-23-24(28)26(25(29)34-23)15-17-7-10-20(11-8-17)27(30)31/h2-14H,15-16H2,1H3/b23-14-. The highest BCUT2D eigenvalue weighted by molar-refractivity contribution is 8.18. The molecular weight excluding hydrogens is 456 g/mol. The SMILES string of the molecule is COc1ccc(/C=C2\SC(=O)N(Cc3ccc([N+](=O)[O-])cc3)C2=O)cc1OCc1ccccc1. The van der Waals surface area contributed by atoms with E-state index < -0.39 is 16.1 Å². The summed E-state index contributed by atoms with van der Waals surface area (Å²) in [5.74, 6) is 0.653. The van der Waals surface area contributed by atoms with Crippen molar-refractivity contribution in [1.82, 2.24) is 4.90 Å². The van der Waals surface area contributed by atoms with E-state index in [1.54, 1.807) is 31.4 Å². The first-order chi connectivity index (χ1) is 16.4. The van der Waals surface area contributed by atoms with Gasteiger partial charge in [-0.25, -0.2) is 0 Å². The largest absolute Gasteiger partial charge is 0.493 e. The van der Waals surface area contributed by atoms with Gasteiger partial charge in [-0.1, -0.05) is 48.5 Å². The van der Waals surface area contributed by atoms with Crippen molar-refractivity contribution < 1.29 is 24.0 Å². The molecule has 0 bridgehead atoms. The van der Waals surface area contributed by atoms with E-state index in [-0.39, 0.29) is 17.1 Å². The van der Waals surface area contributed by atoms with Crippen molar-refractivity contribution in [2.24, 2.45) is 0 Å². The van der Waals surface area contributed by atoms with Crippen LogP contribution in [0, 0.1) is 10.1 Å². The number of carbonyl (C=O) groups excluding carboxylic acids is 2. The van der Waals surface area contributed by atoms with Gasteiger partial charge in [0.25, 0.3) is 16.8 Å². The summed E-state index contributed by atoms with van der Waals surface area (Å²) in [5, 5.41) is 10.4. The van der Waals surface area contributed by atoms with Crippen LogP contribution in [0.15, 0.2) is 77.7 Å². The minimum absolute atomic E-state index is 0.0358.